The van der Waals surface area contributed by atoms with Crippen LogP contribution in [0.15, 0.2) is 41.5 Å². The Labute approximate surface area is 258 Å². The molecule has 0 unspecified atom stereocenters. The number of hydrogen-bond acceptors (Lipinski definition) is 11. The number of imidazole rings is 1. The monoisotopic (exact) mass is 617 g/mol. The molecule has 2 aromatic carbocycles. The second-order valence-electron chi connectivity index (χ2n) is 11.5. The minimum absolute atomic E-state index is 0.0897. The Balaban J connectivity index is 1.18. The third-order valence-corrected chi connectivity index (χ3v) is 8.05. The molecule has 0 bridgehead atoms. The van der Waals surface area contributed by atoms with E-state index < -0.39 is 11.7 Å². The average Bonchev–Trinajstić information content (AvgIpc) is 3.66. The van der Waals surface area contributed by atoms with Gasteiger partial charge < -0.3 is 24.2 Å². The minimum Gasteiger partial charge on any atom is -0.508 e. The summed E-state index contributed by atoms with van der Waals surface area (Å²) in [5, 5.41) is 18.3. The summed E-state index contributed by atoms with van der Waals surface area (Å²) in [5.41, 5.74) is 1.73. The molecule has 14 nitrogen and oxygen atoms in total. The fourth-order valence-electron chi connectivity index (χ4n) is 5.55. The van der Waals surface area contributed by atoms with Gasteiger partial charge in [-0.25, -0.2) is 19.0 Å². The van der Waals surface area contributed by atoms with Gasteiger partial charge in [0, 0.05) is 45.8 Å². The largest absolute Gasteiger partial charge is 0.508 e. The quantitative estimate of drug-likeness (QED) is 0.167. The maximum atomic E-state index is 14.0. The van der Waals surface area contributed by atoms with Crippen molar-refractivity contribution in [3.8, 4) is 17.2 Å². The van der Waals surface area contributed by atoms with Crippen LogP contribution in [0, 0.1) is 0 Å². The molecule has 1 amide bonds. The number of rotatable bonds is 9. The number of aryl methyl sites for hydroxylation is 1. The number of phenolic OH excluding ortho intramolecular Hbond substituents is 1. The molecule has 236 valence electrons. The van der Waals surface area contributed by atoms with Gasteiger partial charge in [-0.1, -0.05) is 25.1 Å². The summed E-state index contributed by atoms with van der Waals surface area (Å²) >= 11 is 0. The Kier molecular flexibility index (Phi) is 8.50. The van der Waals surface area contributed by atoms with Gasteiger partial charge in [0.15, 0.2) is 11.3 Å². The zero-order chi connectivity index (χ0) is 31.7. The molecule has 45 heavy (non-hydrogen) atoms. The number of carbonyl (C=O) groups is 2. The zero-order valence-corrected chi connectivity index (χ0v) is 25.4. The van der Waals surface area contributed by atoms with Crippen molar-refractivity contribution in [2.45, 2.75) is 39.3 Å². The molecule has 2 aromatic heterocycles. The summed E-state index contributed by atoms with van der Waals surface area (Å²) in [5.74, 6) is -0.934. The summed E-state index contributed by atoms with van der Waals surface area (Å²) in [6, 6.07) is 8.65. The first-order valence-corrected chi connectivity index (χ1v) is 14.9. The average molecular weight is 618 g/mol. The summed E-state index contributed by atoms with van der Waals surface area (Å²) in [6.45, 7) is 9.46. The molecule has 2 aliphatic heterocycles. The molecule has 6 rings (SSSR count). The van der Waals surface area contributed by atoms with Crippen molar-refractivity contribution in [3.63, 3.8) is 0 Å². The number of carbonyl (C=O) groups excluding carboxylic acids is 2. The number of morpholine rings is 1. The predicted octanol–water partition coefficient (Wildman–Crippen LogP) is 2.13. The smallest absolute Gasteiger partial charge is 0.366 e. The Bertz CT molecular complexity index is 1810. The predicted molar refractivity (Wildman–Crippen MR) is 161 cm³/mol. The molecule has 4 heterocycles. The van der Waals surface area contributed by atoms with Crippen LogP contribution in [0.25, 0.3) is 5.65 Å². The van der Waals surface area contributed by atoms with E-state index in [0.29, 0.717) is 25.3 Å². The third kappa shape index (κ3) is 6.24. The van der Waals surface area contributed by atoms with Crippen molar-refractivity contribution >= 4 is 17.5 Å². The third-order valence-electron chi connectivity index (χ3n) is 8.05. The number of ether oxygens (including phenoxy) is 3. The highest BCUT2D eigenvalue weighted by Gasteiger charge is 2.30. The summed E-state index contributed by atoms with van der Waals surface area (Å²) < 4.78 is 19.1. The van der Waals surface area contributed by atoms with Crippen molar-refractivity contribution in [3.05, 3.63) is 75.1 Å². The molecule has 1 fully saturated rings. The fraction of sp³-hybridized carbons (Fsp3) is 0.419. The van der Waals surface area contributed by atoms with E-state index in [0.717, 1.165) is 71.6 Å². The summed E-state index contributed by atoms with van der Waals surface area (Å²) in [4.78, 5) is 47.5. The highest BCUT2D eigenvalue weighted by atomic mass is 16.5. The van der Waals surface area contributed by atoms with Gasteiger partial charge in [-0.2, -0.15) is 4.68 Å². The number of amides is 1. The summed E-state index contributed by atoms with van der Waals surface area (Å²) in [6.07, 6.45) is 2.05. The van der Waals surface area contributed by atoms with Gasteiger partial charge in [0.2, 0.25) is 0 Å². The van der Waals surface area contributed by atoms with Crippen molar-refractivity contribution in [1.29, 1.82) is 0 Å². The second-order valence-corrected chi connectivity index (χ2v) is 11.5. The Hall–Kier alpha value is -4.82. The lowest BCUT2D eigenvalue weighted by atomic mass is 9.98. The Morgan fingerprint density at radius 2 is 1.87 bits per heavy atom. The fourth-order valence-corrected chi connectivity index (χ4v) is 5.55. The number of phenols is 1. The molecule has 0 spiro atoms. The van der Waals surface area contributed by atoms with Gasteiger partial charge in [0.1, 0.15) is 23.6 Å². The summed E-state index contributed by atoms with van der Waals surface area (Å²) in [7, 11) is 1.42. The van der Waals surface area contributed by atoms with Crippen LogP contribution >= 0.6 is 0 Å². The van der Waals surface area contributed by atoms with E-state index in [9.17, 15) is 19.5 Å². The van der Waals surface area contributed by atoms with Crippen LogP contribution in [0.5, 0.6) is 17.2 Å². The Morgan fingerprint density at radius 3 is 2.64 bits per heavy atom. The van der Waals surface area contributed by atoms with E-state index in [1.807, 2.05) is 32.0 Å². The molecule has 4 aromatic rings. The maximum absolute atomic E-state index is 14.0. The van der Waals surface area contributed by atoms with Gasteiger partial charge in [-0.05, 0) is 47.2 Å². The van der Waals surface area contributed by atoms with E-state index in [1.54, 1.807) is 11.0 Å². The molecule has 0 aliphatic carbocycles. The molecule has 1 N–H and O–H groups in total. The number of aromatic nitrogens is 5. The first-order chi connectivity index (χ1) is 21.7. The molecule has 0 radical (unpaired) electrons. The SMILES string of the molecule is CC(C)c1cc(C(=O)N2Cc3ccc(OCCCN4CCOCC4)cc3C2)c(OC(=O)c2ncn3c(=O)n(C)nnc23)cc1O. The number of benzene rings is 2. The van der Waals surface area contributed by atoms with Crippen molar-refractivity contribution in [2.24, 2.45) is 7.05 Å². The van der Waals surface area contributed by atoms with E-state index in [2.05, 4.69) is 20.2 Å². The van der Waals surface area contributed by atoms with Crippen molar-refractivity contribution < 1.29 is 28.9 Å². The normalized spacial score (nSPS) is 15.1. The molecule has 1 saturated heterocycles. The first kappa shape index (κ1) is 30.2. The van der Waals surface area contributed by atoms with Crippen LogP contribution in [0.2, 0.25) is 0 Å². The lowest BCUT2D eigenvalue weighted by molar-refractivity contribution is 0.0358. The number of fused-ring (bicyclic) bond motifs is 2. The molecular formula is C31H35N7O7. The van der Waals surface area contributed by atoms with Crippen LogP contribution in [-0.2, 0) is 24.9 Å². The van der Waals surface area contributed by atoms with E-state index >= 15 is 0 Å². The lowest BCUT2D eigenvalue weighted by Crippen LogP contribution is -2.37. The maximum Gasteiger partial charge on any atom is 0.366 e. The van der Waals surface area contributed by atoms with Gasteiger partial charge in [-0.15, -0.1) is 5.10 Å². The zero-order valence-electron chi connectivity index (χ0n) is 25.4. The van der Waals surface area contributed by atoms with Crippen molar-refractivity contribution in [2.75, 3.05) is 39.5 Å². The van der Waals surface area contributed by atoms with Gasteiger partial charge in [0.05, 0.1) is 25.4 Å². The molecular weight excluding hydrogens is 582 g/mol. The number of esters is 1. The molecule has 0 atom stereocenters. The number of hydrogen-bond donors (Lipinski definition) is 1. The van der Waals surface area contributed by atoms with Crippen LogP contribution in [0.4, 0.5) is 0 Å². The van der Waals surface area contributed by atoms with Gasteiger partial charge in [0.25, 0.3) is 5.91 Å². The van der Waals surface area contributed by atoms with E-state index in [4.69, 9.17) is 14.2 Å². The highest BCUT2D eigenvalue weighted by molar-refractivity contribution is 6.00. The van der Waals surface area contributed by atoms with Crippen LogP contribution in [-0.4, -0.2) is 90.6 Å². The Morgan fingerprint density at radius 1 is 1.09 bits per heavy atom. The van der Waals surface area contributed by atoms with Gasteiger partial charge >= 0.3 is 11.7 Å². The molecule has 0 saturated carbocycles. The lowest BCUT2D eigenvalue weighted by Gasteiger charge is -2.26. The minimum atomic E-state index is -0.953. The van der Waals surface area contributed by atoms with E-state index in [1.165, 1.54) is 13.1 Å². The number of nitrogens with zero attached hydrogens (tertiary/aromatic N) is 7. The van der Waals surface area contributed by atoms with Crippen LogP contribution in [0.3, 0.4) is 0 Å². The molecule has 2 aliphatic rings. The van der Waals surface area contributed by atoms with Crippen LogP contribution < -0.4 is 15.2 Å². The second kappa shape index (κ2) is 12.7. The molecule has 14 heteroatoms. The van der Waals surface area contributed by atoms with Gasteiger partial charge in [-0.3, -0.25) is 9.69 Å². The van der Waals surface area contributed by atoms with E-state index in [-0.39, 0.29) is 40.2 Å². The standard InChI is InChI=1S/C31H35N7O7/c1-19(2)23-14-24(26(15-25(23)39)45-30(41)27-28-33-34-35(3)31(42)38(28)18-32-27)29(40)37-16-20-5-6-22(13-21(20)17-37)44-10-4-7-36-8-11-43-12-9-36/h5-6,13-15,18-19,39H,4,7-12,16-17H2,1-3H3. The highest BCUT2D eigenvalue weighted by Crippen LogP contribution is 2.36. The van der Waals surface area contributed by atoms with Crippen molar-refractivity contribution in [1.82, 2.24) is 34.2 Å². The van der Waals surface area contributed by atoms with Crippen LogP contribution in [0.1, 0.15) is 63.7 Å². The first-order valence-electron chi connectivity index (χ1n) is 14.9. The topological polar surface area (TPSA) is 154 Å². The number of aromatic hydroxyl groups is 1.